The molecule has 7 heteroatoms. The van der Waals surface area contributed by atoms with Crippen molar-refractivity contribution in [3.63, 3.8) is 0 Å². The number of anilines is 1. The molecule has 0 aliphatic heterocycles. The van der Waals surface area contributed by atoms with Gasteiger partial charge in [-0.3, -0.25) is 14.2 Å². The van der Waals surface area contributed by atoms with Crippen LogP contribution >= 0.6 is 11.8 Å². The highest BCUT2D eigenvalue weighted by Gasteiger charge is 2.21. The Labute approximate surface area is 203 Å². The number of hydrogen-bond donors (Lipinski definition) is 1. The Bertz CT molecular complexity index is 1390. The molecule has 0 spiro atoms. The van der Waals surface area contributed by atoms with E-state index in [9.17, 15) is 9.59 Å². The molecule has 0 aliphatic rings. The van der Waals surface area contributed by atoms with Crippen LogP contribution in [0.25, 0.3) is 16.6 Å². The Morgan fingerprint density at radius 3 is 2.47 bits per heavy atom. The lowest BCUT2D eigenvalue weighted by Crippen LogP contribution is -2.26. The summed E-state index contributed by atoms with van der Waals surface area (Å²) in [6, 6.07) is 20.6. The van der Waals surface area contributed by atoms with Gasteiger partial charge in [0.25, 0.3) is 5.56 Å². The Balaban J connectivity index is 1.72. The molecule has 4 rings (SSSR count). The number of benzene rings is 3. The number of nitrogens with zero attached hydrogens (tertiary/aromatic N) is 2. The van der Waals surface area contributed by atoms with Gasteiger partial charge in [0, 0.05) is 0 Å². The summed E-state index contributed by atoms with van der Waals surface area (Å²) in [5, 5.41) is 3.43. The normalized spacial score (nSPS) is 11.9. The number of para-hydroxylation sites is 3. The summed E-state index contributed by atoms with van der Waals surface area (Å²) in [4.78, 5) is 31.4. The molecule has 4 aromatic rings. The molecule has 0 saturated heterocycles. The highest BCUT2D eigenvalue weighted by atomic mass is 32.2. The summed E-state index contributed by atoms with van der Waals surface area (Å²) >= 11 is 1.25. The van der Waals surface area contributed by atoms with Crippen LogP contribution < -0.4 is 15.6 Å². The van der Waals surface area contributed by atoms with E-state index < -0.39 is 5.25 Å². The van der Waals surface area contributed by atoms with E-state index >= 15 is 0 Å². The summed E-state index contributed by atoms with van der Waals surface area (Å²) in [6.07, 6.45) is 0. The van der Waals surface area contributed by atoms with Gasteiger partial charge >= 0.3 is 0 Å². The van der Waals surface area contributed by atoms with Crippen LogP contribution in [0.5, 0.6) is 5.75 Å². The number of carbonyl (C=O) groups is 1. The summed E-state index contributed by atoms with van der Waals surface area (Å²) in [7, 11) is 0. The second kappa shape index (κ2) is 10.1. The average molecular weight is 474 g/mol. The standard InChI is InChI=1S/C27H27N3O3S/c1-5-33-24-13-9-8-12-23(24)28-25(31)19(4)34-27-29-22-11-7-6-10-21(22)26(32)30(27)20-15-17(2)14-18(3)16-20/h6-16,19H,5H2,1-4H3,(H,28,31). The molecule has 1 N–H and O–H groups in total. The van der Waals surface area contributed by atoms with Crippen LogP contribution in [-0.4, -0.2) is 27.3 Å². The Kier molecular flexibility index (Phi) is 7.03. The van der Waals surface area contributed by atoms with E-state index in [4.69, 9.17) is 9.72 Å². The van der Waals surface area contributed by atoms with Crippen molar-refractivity contribution in [1.29, 1.82) is 0 Å². The number of aryl methyl sites for hydroxylation is 2. The molecule has 0 fully saturated rings. The quantitative estimate of drug-likeness (QED) is 0.283. The van der Waals surface area contributed by atoms with E-state index in [1.807, 2.05) is 69.3 Å². The van der Waals surface area contributed by atoms with Gasteiger partial charge in [-0.1, -0.05) is 42.1 Å². The maximum absolute atomic E-state index is 13.5. The van der Waals surface area contributed by atoms with Gasteiger partial charge in [-0.2, -0.15) is 0 Å². The van der Waals surface area contributed by atoms with Crippen LogP contribution in [0.2, 0.25) is 0 Å². The molecule has 6 nitrogen and oxygen atoms in total. The largest absolute Gasteiger partial charge is 0.492 e. The molecule has 1 unspecified atom stereocenters. The lowest BCUT2D eigenvalue weighted by atomic mass is 10.1. The molecule has 1 heterocycles. The van der Waals surface area contributed by atoms with Gasteiger partial charge in [0.15, 0.2) is 5.16 Å². The number of thioether (sulfide) groups is 1. The van der Waals surface area contributed by atoms with Crippen molar-refractivity contribution in [2.24, 2.45) is 0 Å². The Morgan fingerprint density at radius 2 is 1.74 bits per heavy atom. The third kappa shape index (κ3) is 4.99. The van der Waals surface area contributed by atoms with Crippen molar-refractivity contribution in [1.82, 2.24) is 9.55 Å². The Hall–Kier alpha value is -3.58. The van der Waals surface area contributed by atoms with E-state index in [-0.39, 0.29) is 11.5 Å². The lowest BCUT2D eigenvalue weighted by Gasteiger charge is -2.18. The van der Waals surface area contributed by atoms with E-state index in [2.05, 4.69) is 11.4 Å². The fourth-order valence-electron chi connectivity index (χ4n) is 3.80. The highest BCUT2D eigenvalue weighted by molar-refractivity contribution is 8.00. The van der Waals surface area contributed by atoms with Gasteiger partial charge in [-0.25, -0.2) is 4.98 Å². The average Bonchev–Trinajstić information content (AvgIpc) is 2.80. The zero-order chi connectivity index (χ0) is 24.2. The molecule has 0 radical (unpaired) electrons. The Morgan fingerprint density at radius 1 is 1.06 bits per heavy atom. The topological polar surface area (TPSA) is 73.2 Å². The molecule has 0 aliphatic carbocycles. The lowest BCUT2D eigenvalue weighted by molar-refractivity contribution is -0.115. The van der Waals surface area contributed by atoms with Crippen LogP contribution in [0.3, 0.4) is 0 Å². The number of fused-ring (bicyclic) bond motifs is 1. The van der Waals surface area contributed by atoms with Crippen LogP contribution in [0.1, 0.15) is 25.0 Å². The molecular weight excluding hydrogens is 446 g/mol. The molecule has 1 aromatic heterocycles. The van der Waals surface area contributed by atoms with E-state index in [1.165, 1.54) is 11.8 Å². The van der Waals surface area contributed by atoms with Gasteiger partial charge in [-0.15, -0.1) is 0 Å². The molecule has 34 heavy (non-hydrogen) atoms. The van der Waals surface area contributed by atoms with Gasteiger partial charge in [0.05, 0.1) is 34.1 Å². The fourth-order valence-corrected chi connectivity index (χ4v) is 4.72. The van der Waals surface area contributed by atoms with Crippen molar-refractivity contribution in [3.8, 4) is 11.4 Å². The van der Waals surface area contributed by atoms with Crippen LogP contribution in [-0.2, 0) is 4.79 Å². The molecule has 0 saturated carbocycles. The van der Waals surface area contributed by atoms with E-state index in [1.54, 1.807) is 23.6 Å². The van der Waals surface area contributed by atoms with Crippen molar-refractivity contribution in [2.45, 2.75) is 38.1 Å². The summed E-state index contributed by atoms with van der Waals surface area (Å²) in [6.45, 7) is 8.19. The second-order valence-corrected chi connectivity index (χ2v) is 9.38. The first-order chi connectivity index (χ1) is 16.4. The number of carbonyl (C=O) groups excluding carboxylic acids is 1. The SMILES string of the molecule is CCOc1ccccc1NC(=O)C(C)Sc1nc2ccccc2c(=O)n1-c1cc(C)cc(C)c1. The highest BCUT2D eigenvalue weighted by Crippen LogP contribution is 2.29. The zero-order valence-corrected chi connectivity index (χ0v) is 20.5. The molecule has 3 aromatic carbocycles. The minimum Gasteiger partial charge on any atom is -0.492 e. The summed E-state index contributed by atoms with van der Waals surface area (Å²) in [5.41, 5.74) is 3.88. The zero-order valence-electron chi connectivity index (χ0n) is 19.7. The smallest absolute Gasteiger partial charge is 0.266 e. The molecular formula is C27H27N3O3S. The van der Waals surface area contributed by atoms with E-state index in [0.29, 0.717) is 34.1 Å². The predicted molar refractivity (Wildman–Crippen MR) is 138 cm³/mol. The minimum absolute atomic E-state index is 0.160. The molecule has 0 bridgehead atoms. The molecule has 1 atom stereocenters. The number of rotatable bonds is 7. The number of hydrogen-bond acceptors (Lipinski definition) is 5. The summed E-state index contributed by atoms with van der Waals surface area (Å²) in [5.74, 6) is 0.415. The monoisotopic (exact) mass is 473 g/mol. The van der Waals surface area contributed by atoms with Gasteiger partial charge in [0.1, 0.15) is 5.75 Å². The first-order valence-corrected chi connectivity index (χ1v) is 12.0. The first-order valence-electron chi connectivity index (χ1n) is 11.2. The van der Waals surface area contributed by atoms with E-state index in [0.717, 1.165) is 16.8 Å². The van der Waals surface area contributed by atoms with Crippen molar-refractivity contribution >= 4 is 34.3 Å². The maximum Gasteiger partial charge on any atom is 0.266 e. The number of aromatic nitrogens is 2. The summed E-state index contributed by atoms with van der Waals surface area (Å²) < 4.78 is 7.22. The maximum atomic E-state index is 13.5. The van der Waals surface area contributed by atoms with Crippen LogP contribution in [0.4, 0.5) is 5.69 Å². The van der Waals surface area contributed by atoms with Gasteiger partial charge in [-0.05, 0) is 75.2 Å². The fraction of sp³-hybridized carbons (Fsp3) is 0.222. The predicted octanol–water partition coefficient (Wildman–Crippen LogP) is 5.52. The van der Waals surface area contributed by atoms with Crippen LogP contribution in [0, 0.1) is 13.8 Å². The van der Waals surface area contributed by atoms with Crippen molar-refractivity contribution in [3.05, 3.63) is 88.2 Å². The van der Waals surface area contributed by atoms with Gasteiger partial charge in [0.2, 0.25) is 5.91 Å². The molecule has 174 valence electrons. The third-order valence-electron chi connectivity index (χ3n) is 5.31. The second-order valence-electron chi connectivity index (χ2n) is 8.08. The number of nitrogens with one attached hydrogen (secondary N) is 1. The minimum atomic E-state index is -0.514. The first kappa shape index (κ1) is 23.6. The number of ether oxygens (including phenoxy) is 1. The van der Waals surface area contributed by atoms with Gasteiger partial charge < -0.3 is 10.1 Å². The van der Waals surface area contributed by atoms with Crippen molar-refractivity contribution in [2.75, 3.05) is 11.9 Å². The number of amides is 1. The van der Waals surface area contributed by atoms with Crippen molar-refractivity contribution < 1.29 is 9.53 Å². The molecule has 1 amide bonds. The van der Waals surface area contributed by atoms with Crippen LogP contribution in [0.15, 0.2) is 76.7 Å². The third-order valence-corrected chi connectivity index (χ3v) is 6.36.